The van der Waals surface area contributed by atoms with Gasteiger partial charge in [-0.2, -0.15) is 0 Å². The number of nitrogens with one attached hydrogen (secondary N) is 1. The fraction of sp³-hybridized carbons (Fsp3) is 0.250. The van der Waals surface area contributed by atoms with E-state index in [0.717, 1.165) is 22.4 Å². The van der Waals surface area contributed by atoms with Gasteiger partial charge in [0.15, 0.2) is 17.3 Å². The first kappa shape index (κ1) is 23.6. The van der Waals surface area contributed by atoms with Crippen LogP contribution in [0.25, 0.3) is 22.4 Å². The van der Waals surface area contributed by atoms with Crippen molar-refractivity contribution in [1.29, 1.82) is 0 Å². The monoisotopic (exact) mass is 483 g/mol. The molecule has 0 radical (unpaired) electrons. The molecule has 4 aromatic rings. The zero-order valence-electron chi connectivity index (χ0n) is 20.3. The predicted molar refractivity (Wildman–Crippen MR) is 138 cm³/mol. The first-order chi connectivity index (χ1) is 17.5. The molecule has 0 saturated carbocycles. The summed E-state index contributed by atoms with van der Waals surface area (Å²) in [5.74, 6) is 1.37. The summed E-state index contributed by atoms with van der Waals surface area (Å²) < 4.78 is 11.3. The first-order valence-corrected chi connectivity index (χ1v) is 12.0. The third-order valence-corrected chi connectivity index (χ3v) is 6.19. The summed E-state index contributed by atoms with van der Waals surface area (Å²) >= 11 is 0. The number of nitrogens with zero attached hydrogens (tertiary/aromatic N) is 3. The SMILES string of the molecule is CC1CN(C(=O)c2ccc(-c3cnc(N)c(OCc4cc(-c5ccccc5)no4)c3)cc2)CC(C)N1. The Labute approximate surface area is 210 Å². The number of ether oxygens (including phenoxy) is 1. The van der Waals surface area contributed by atoms with Crippen LogP contribution in [-0.4, -0.2) is 46.1 Å². The number of piperazine rings is 1. The van der Waals surface area contributed by atoms with Crippen molar-refractivity contribution < 1.29 is 14.1 Å². The molecule has 2 atom stereocenters. The first-order valence-electron chi connectivity index (χ1n) is 12.0. The van der Waals surface area contributed by atoms with E-state index in [1.807, 2.05) is 71.6 Å². The number of amides is 1. The van der Waals surface area contributed by atoms with E-state index in [4.69, 9.17) is 15.0 Å². The lowest BCUT2D eigenvalue weighted by Crippen LogP contribution is -2.55. The molecule has 184 valence electrons. The highest BCUT2D eigenvalue weighted by atomic mass is 16.5. The van der Waals surface area contributed by atoms with Gasteiger partial charge >= 0.3 is 0 Å². The Kier molecular flexibility index (Phi) is 6.69. The number of carbonyl (C=O) groups excluding carboxylic acids is 1. The average molecular weight is 484 g/mol. The number of rotatable bonds is 6. The molecule has 1 amide bonds. The molecule has 0 spiro atoms. The summed E-state index contributed by atoms with van der Waals surface area (Å²) in [5.41, 5.74) is 10.2. The van der Waals surface area contributed by atoms with Crippen LogP contribution >= 0.6 is 0 Å². The molecule has 3 heterocycles. The molecule has 8 heteroatoms. The van der Waals surface area contributed by atoms with Gasteiger partial charge in [0.25, 0.3) is 5.91 Å². The number of hydrogen-bond donors (Lipinski definition) is 2. The second-order valence-electron chi connectivity index (χ2n) is 9.20. The van der Waals surface area contributed by atoms with Crippen LogP contribution in [0.2, 0.25) is 0 Å². The summed E-state index contributed by atoms with van der Waals surface area (Å²) in [5, 5.41) is 7.57. The summed E-state index contributed by atoms with van der Waals surface area (Å²) in [7, 11) is 0. The largest absolute Gasteiger partial charge is 0.482 e. The van der Waals surface area contributed by atoms with Crippen LogP contribution in [0.3, 0.4) is 0 Å². The third-order valence-electron chi connectivity index (χ3n) is 6.19. The molecular weight excluding hydrogens is 454 g/mol. The van der Waals surface area contributed by atoms with E-state index < -0.39 is 0 Å². The van der Waals surface area contributed by atoms with Crippen LogP contribution in [0, 0.1) is 0 Å². The van der Waals surface area contributed by atoms with Crippen molar-refractivity contribution in [3.8, 4) is 28.1 Å². The minimum absolute atomic E-state index is 0.0446. The summed E-state index contributed by atoms with van der Waals surface area (Å²) in [6.45, 7) is 5.76. The smallest absolute Gasteiger partial charge is 0.253 e. The minimum Gasteiger partial charge on any atom is -0.482 e. The lowest BCUT2D eigenvalue weighted by Gasteiger charge is -2.36. The molecule has 0 bridgehead atoms. The van der Waals surface area contributed by atoms with E-state index in [-0.39, 0.29) is 30.4 Å². The Morgan fingerprint density at radius 3 is 2.47 bits per heavy atom. The van der Waals surface area contributed by atoms with Crippen LogP contribution < -0.4 is 15.8 Å². The van der Waals surface area contributed by atoms with Gasteiger partial charge in [-0.3, -0.25) is 4.79 Å². The maximum atomic E-state index is 13.0. The standard InChI is InChI=1S/C28H29N5O3/c1-18-15-33(16-19(2)31-18)28(34)22-10-8-20(9-11-22)23-12-26(27(29)30-14-23)35-17-24-13-25(32-36-24)21-6-4-3-5-7-21/h3-14,18-19,31H,15-17H2,1-2H3,(H2,29,30). The lowest BCUT2D eigenvalue weighted by molar-refractivity contribution is 0.0674. The van der Waals surface area contributed by atoms with E-state index in [0.29, 0.717) is 30.2 Å². The highest BCUT2D eigenvalue weighted by Crippen LogP contribution is 2.29. The number of hydrogen-bond acceptors (Lipinski definition) is 7. The Morgan fingerprint density at radius 1 is 1.03 bits per heavy atom. The van der Waals surface area contributed by atoms with Crippen LogP contribution in [0.15, 0.2) is 77.4 Å². The number of aromatic nitrogens is 2. The Balaban J connectivity index is 1.27. The van der Waals surface area contributed by atoms with Crippen LogP contribution in [0.5, 0.6) is 5.75 Å². The second kappa shape index (κ2) is 10.2. The Hall–Kier alpha value is -4.17. The van der Waals surface area contributed by atoms with Crippen molar-refractivity contribution in [3.05, 3.63) is 84.3 Å². The van der Waals surface area contributed by atoms with Gasteiger partial charge in [0, 0.05) is 54.1 Å². The van der Waals surface area contributed by atoms with Crippen LogP contribution in [-0.2, 0) is 6.61 Å². The number of nitrogen functional groups attached to an aromatic ring is 1. The third kappa shape index (κ3) is 5.23. The number of carbonyl (C=O) groups is 1. The van der Waals surface area contributed by atoms with Crippen LogP contribution in [0.4, 0.5) is 5.82 Å². The maximum absolute atomic E-state index is 13.0. The molecular formula is C28H29N5O3. The molecule has 1 aliphatic heterocycles. The lowest BCUT2D eigenvalue weighted by atomic mass is 10.0. The fourth-order valence-electron chi connectivity index (χ4n) is 4.48. The maximum Gasteiger partial charge on any atom is 0.253 e. The van der Waals surface area contributed by atoms with E-state index in [1.165, 1.54) is 0 Å². The van der Waals surface area contributed by atoms with Gasteiger partial charge in [-0.15, -0.1) is 0 Å². The van der Waals surface area contributed by atoms with Crippen LogP contribution in [0.1, 0.15) is 30.0 Å². The Bertz CT molecular complexity index is 1330. The van der Waals surface area contributed by atoms with Gasteiger partial charge in [-0.05, 0) is 37.6 Å². The average Bonchev–Trinajstić information content (AvgIpc) is 3.37. The van der Waals surface area contributed by atoms with Gasteiger partial charge in [0.2, 0.25) is 0 Å². The Morgan fingerprint density at radius 2 is 1.75 bits per heavy atom. The van der Waals surface area contributed by atoms with Gasteiger partial charge in [0.05, 0.1) is 0 Å². The molecule has 1 fully saturated rings. The van der Waals surface area contributed by atoms with Gasteiger partial charge < -0.3 is 25.2 Å². The summed E-state index contributed by atoms with van der Waals surface area (Å²) in [4.78, 5) is 19.2. The molecule has 0 aliphatic carbocycles. The zero-order chi connectivity index (χ0) is 25.1. The molecule has 36 heavy (non-hydrogen) atoms. The van der Waals surface area contributed by atoms with Crippen molar-refractivity contribution in [2.24, 2.45) is 0 Å². The second-order valence-corrected chi connectivity index (χ2v) is 9.20. The molecule has 1 aliphatic rings. The molecule has 2 aromatic heterocycles. The molecule has 2 unspecified atom stereocenters. The van der Waals surface area contributed by atoms with E-state index in [2.05, 4.69) is 29.3 Å². The zero-order valence-corrected chi connectivity index (χ0v) is 20.3. The number of anilines is 1. The number of pyridine rings is 1. The van der Waals surface area contributed by atoms with Crippen molar-refractivity contribution >= 4 is 11.7 Å². The predicted octanol–water partition coefficient (Wildman–Crippen LogP) is 4.39. The van der Waals surface area contributed by atoms with Crippen molar-refractivity contribution in [2.75, 3.05) is 18.8 Å². The van der Waals surface area contributed by atoms with E-state index in [9.17, 15) is 4.79 Å². The van der Waals surface area contributed by atoms with Gasteiger partial charge in [-0.1, -0.05) is 47.6 Å². The van der Waals surface area contributed by atoms with E-state index in [1.54, 1.807) is 6.20 Å². The van der Waals surface area contributed by atoms with Crippen molar-refractivity contribution in [1.82, 2.24) is 20.4 Å². The molecule has 1 saturated heterocycles. The minimum atomic E-state index is 0.0446. The highest BCUT2D eigenvalue weighted by Gasteiger charge is 2.25. The fourth-order valence-corrected chi connectivity index (χ4v) is 4.48. The van der Waals surface area contributed by atoms with Crippen molar-refractivity contribution in [2.45, 2.75) is 32.5 Å². The summed E-state index contributed by atoms with van der Waals surface area (Å²) in [6.07, 6.45) is 1.70. The highest BCUT2D eigenvalue weighted by molar-refractivity contribution is 5.95. The quantitative estimate of drug-likeness (QED) is 0.419. The topological polar surface area (TPSA) is 107 Å². The number of nitrogens with two attached hydrogens (primary N) is 1. The number of benzene rings is 2. The summed E-state index contributed by atoms with van der Waals surface area (Å²) in [6, 6.07) is 21.6. The molecule has 2 aromatic carbocycles. The normalized spacial score (nSPS) is 17.7. The molecule has 3 N–H and O–H groups in total. The van der Waals surface area contributed by atoms with Gasteiger partial charge in [0.1, 0.15) is 12.3 Å². The molecule has 8 nitrogen and oxygen atoms in total. The molecule has 5 rings (SSSR count). The van der Waals surface area contributed by atoms with Gasteiger partial charge in [-0.25, -0.2) is 4.98 Å². The van der Waals surface area contributed by atoms with E-state index >= 15 is 0 Å². The van der Waals surface area contributed by atoms with Crippen molar-refractivity contribution in [3.63, 3.8) is 0 Å².